The van der Waals surface area contributed by atoms with Gasteiger partial charge in [0.15, 0.2) is 0 Å². The Morgan fingerprint density at radius 1 is 0.523 bits per heavy atom. The van der Waals surface area contributed by atoms with Gasteiger partial charge in [-0.25, -0.2) is 8.42 Å². The largest absolute Gasteiger partial charge is 0.374 e. The Labute approximate surface area is 264 Å². The van der Waals surface area contributed by atoms with Gasteiger partial charge in [0.05, 0.1) is 38.8 Å². The molecule has 1 aliphatic heterocycles. The maximum Gasteiger partial charge on any atom is 0.235 e. The van der Waals surface area contributed by atoms with E-state index in [9.17, 15) is 8.42 Å². The summed E-state index contributed by atoms with van der Waals surface area (Å²) in [4.78, 5) is 0. The normalized spacial score (nSPS) is 22.1. The Bertz CT molecular complexity index is 1490. The Balaban J connectivity index is 1.45. The van der Waals surface area contributed by atoms with Gasteiger partial charge in [-0.05, 0) is 22.3 Å². The number of benzene rings is 4. The van der Waals surface area contributed by atoms with Crippen molar-refractivity contribution >= 4 is 19.7 Å². The summed E-state index contributed by atoms with van der Waals surface area (Å²) in [7, 11) is 1.85. The van der Waals surface area contributed by atoms with Crippen molar-refractivity contribution in [2.24, 2.45) is 0 Å². The van der Waals surface area contributed by atoms with Gasteiger partial charge in [-0.1, -0.05) is 121 Å². The van der Waals surface area contributed by atoms with E-state index in [-0.39, 0.29) is 19.8 Å². The summed E-state index contributed by atoms with van der Waals surface area (Å²) in [6.45, 7) is 1.27. The second-order valence-corrected chi connectivity index (χ2v) is 13.5. The highest BCUT2D eigenvalue weighted by molar-refractivity contribution is 8.13. The summed E-state index contributed by atoms with van der Waals surface area (Å²) in [6, 6.07) is 39.1. The van der Waals surface area contributed by atoms with E-state index in [2.05, 4.69) is 0 Å². The van der Waals surface area contributed by atoms with Gasteiger partial charge >= 0.3 is 0 Å². The molecule has 9 heteroatoms. The van der Waals surface area contributed by atoms with Crippen LogP contribution in [0.3, 0.4) is 0 Å². The zero-order chi connectivity index (χ0) is 30.6. The average Bonchev–Trinajstić information content (AvgIpc) is 3.04. The molecule has 4 aromatic rings. The molecule has 5 rings (SSSR count). The van der Waals surface area contributed by atoms with Crippen LogP contribution in [0, 0.1) is 0 Å². The first-order valence-corrected chi connectivity index (χ1v) is 17.1. The molecule has 0 bridgehead atoms. The van der Waals surface area contributed by atoms with Crippen LogP contribution in [0.5, 0.6) is 0 Å². The summed E-state index contributed by atoms with van der Waals surface area (Å²) in [5, 5.41) is 0. The third kappa shape index (κ3) is 9.97. The minimum absolute atomic E-state index is 0.143. The van der Waals surface area contributed by atoms with Crippen molar-refractivity contribution in [3.05, 3.63) is 144 Å². The van der Waals surface area contributed by atoms with Crippen molar-refractivity contribution < 1.29 is 32.1 Å². The van der Waals surface area contributed by atoms with Gasteiger partial charge in [0.1, 0.15) is 30.5 Å². The first kappa shape index (κ1) is 32.3. The molecule has 44 heavy (non-hydrogen) atoms. The number of hydrogen-bond acceptors (Lipinski definition) is 7. The summed E-state index contributed by atoms with van der Waals surface area (Å²) in [5.74, 6) is -0.459. The molecule has 1 heterocycles. The molecule has 1 fully saturated rings. The smallest absolute Gasteiger partial charge is 0.235 e. The lowest BCUT2D eigenvalue weighted by molar-refractivity contribution is -0.268. The quantitative estimate of drug-likeness (QED) is 0.142. The minimum atomic E-state index is -3.96. The number of ether oxygens (including phenoxy) is 5. The fourth-order valence-corrected chi connectivity index (χ4v) is 6.25. The molecule has 0 aliphatic carbocycles. The van der Waals surface area contributed by atoms with E-state index in [1.165, 1.54) is 0 Å². The number of rotatable bonds is 15. The molecule has 1 aliphatic rings. The van der Waals surface area contributed by atoms with Crippen LogP contribution in [0.2, 0.25) is 0 Å². The summed E-state index contributed by atoms with van der Waals surface area (Å²) in [5.41, 5.74) is 3.87. The van der Waals surface area contributed by atoms with Crippen LogP contribution in [0.1, 0.15) is 22.3 Å². The molecule has 232 valence electrons. The Morgan fingerprint density at radius 2 is 0.886 bits per heavy atom. The topological polar surface area (TPSA) is 80.3 Å². The van der Waals surface area contributed by atoms with Crippen molar-refractivity contribution in [1.82, 2.24) is 0 Å². The number of halogens is 1. The molecule has 1 saturated heterocycles. The predicted octanol–water partition coefficient (Wildman–Crippen LogP) is 6.30. The molecular weight excluding hydrogens is 600 g/mol. The van der Waals surface area contributed by atoms with Crippen molar-refractivity contribution in [2.75, 3.05) is 12.4 Å². The molecule has 0 aromatic heterocycles. The van der Waals surface area contributed by atoms with E-state index in [0.717, 1.165) is 22.3 Å². The van der Waals surface area contributed by atoms with Gasteiger partial charge in [-0.15, -0.1) is 0 Å². The third-order valence-electron chi connectivity index (χ3n) is 7.34. The minimum Gasteiger partial charge on any atom is -0.374 e. The molecule has 0 radical (unpaired) electrons. The highest BCUT2D eigenvalue weighted by Gasteiger charge is 2.49. The fourth-order valence-electron chi connectivity index (χ4n) is 5.22. The van der Waals surface area contributed by atoms with Gasteiger partial charge in [0.25, 0.3) is 0 Å². The van der Waals surface area contributed by atoms with Gasteiger partial charge in [-0.2, -0.15) is 0 Å². The first-order valence-electron chi connectivity index (χ1n) is 14.6. The lowest BCUT2D eigenvalue weighted by atomic mass is 9.94. The first-order chi connectivity index (χ1) is 21.4. The maximum atomic E-state index is 12.4. The standard InChI is InChI=1S/C35H37ClO7S/c36-44(37,38)26-32-34(41-23-29-17-9-3-10-18-29)35(42-24-30-19-11-4-12-20-30)33(40-22-28-15-7-2-8-16-28)31(43-32)25-39-21-27-13-5-1-6-14-27/h1-20,31-35H,21-26H2. The monoisotopic (exact) mass is 636 g/mol. The maximum absolute atomic E-state index is 12.4. The van der Waals surface area contributed by atoms with E-state index < -0.39 is 45.3 Å². The van der Waals surface area contributed by atoms with Crippen molar-refractivity contribution in [2.45, 2.75) is 56.9 Å². The molecule has 0 spiro atoms. The van der Waals surface area contributed by atoms with Gasteiger partial charge in [-0.3, -0.25) is 0 Å². The molecule has 5 unspecified atom stereocenters. The molecular formula is C35H37ClO7S. The second-order valence-electron chi connectivity index (χ2n) is 10.7. The van der Waals surface area contributed by atoms with Crippen LogP contribution < -0.4 is 0 Å². The molecule has 5 atom stereocenters. The van der Waals surface area contributed by atoms with Crippen LogP contribution in [0.15, 0.2) is 121 Å². The second kappa shape index (κ2) is 16.3. The van der Waals surface area contributed by atoms with Gasteiger partial charge in [0.2, 0.25) is 9.05 Å². The van der Waals surface area contributed by atoms with E-state index in [1.807, 2.05) is 121 Å². The van der Waals surface area contributed by atoms with Crippen molar-refractivity contribution in [3.63, 3.8) is 0 Å². The van der Waals surface area contributed by atoms with Gasteiger partial charge in [0, 0.05) is 10.7 Å². The lowest BCUT2D eigenvalue weighted by Gasteiger charge is -2.46. The summed E-state index contributed by atoms with van der Waals surface area (Å²) < 4.78 is 57.0. The van der Waals surface area contributed by atoms with Crippen LogP contribution in [0.25, 0.3) is 0 Å². The van der Waals surface area contributed by atoms with Crippen LogP contribution >= 0.6 is 10.7 Å². The summed E-state index contributed by atoms with van der Waals surface area (Å²) >= 11 is 0. The fraction of sp³-hybridized carbons (Fsp3) is 0.314. The van der Waals surface area contributed by atoms with E-state index in [0.29, 0.717) is 13.2 Å². The van der Waals surface area contributed by atoms with Gasteiger partial charge < -0.3 is 23.7 Å². The Morgan fingerprint density at radius 3 is 1.30 bits per heavy atom. The molecule has 4 aromatic carbocycles. The SMILES string of the molecule is O=S(=O)(Cl)CC1OC(COCc2ccccc2)C(OCc2ccccc2)C(OCc2ccccc2)C1OCc1ccccc1. The van der Waals surface area contributed by atoms with E-state index in [4.69, 9.17) is 34.4 Å². The van der Waals surface area contributed by atoms with Crippen LogP contribution in [-0.4, -0.2) is 51.3 Å². The highest BCUT2D eigenvalue weighted by atomic mass is 35.7. The highest BCUT2D eigenvalue weighted by Crippen LogP contribution is 2.32. The summed E-state index contributed by atoms with van der Waals surface area (Å²) in [6.07, 6.45) is -3.75. The number of hydrogen-bond donors (Lipinski definition) is 0. The molecule has 0 N–H and O–H groups in total. The van der Waals surface area contributed by atoms with Crippen molar-refractivity contribution in [1.29, 1.82) is 0 Å². The zero-order valence-corrected chi connectivity index (χ0v) is 25.9. The molecule has 0 amide bonds. The zero-order valence-electron chi connectivity index (χ0n) is 24.3. The average molecular weight is 637 g/mol. The van der Waals surface area contributed by atoms with E-state index in [1.54, 1.807) is 0 Å². The Kier molecular flexibility index (Phi) is 12.0. The Hall–Kier alpha value is -3.08. The van der Waals surface area contributed by atoms with Crippen LogP contribution in [-0.2, 0) is 59.2 Å². The molecule has 7 nitrogen and oxygen atoms in total. The van der Waals surface area contributed by atoms with E-state index >= 15 is 0 Å². The predicted molar refractivity (Wildman–Crippen MR) is 169 cm³/mol. The van der Waals surface area contributed by atoms with Crippen molar-refractivity contribution in [3.8, 4) is 0 Å². The van der Waals surface area contributed by atoms with Crippen LogP contribution in [0.4, 0.5) is 0 Å². The molecule has 0 saturated carbocycles. The lowest BCUT2D eigenvalue weighted by Crippen LogP contribution is -2.62. The third-order valence-corrected chi connectivity index (χ3v) is 8.45.